The predicted molar refractivity (Wildman–Crippen MR) is 57.4 cm³/mol. The standard InChI is InChI=1S/C9H16N2O2S/c1-8-10-2-3-11(8)4-5-14-7-9(13)6-12/h2-3,9,12-13H,4-7H2,1H3. The third-order valence-electron chi connectivity index (χ3n) is 1.92. The second-order valence-electron chi connectivity index (χ2n) is 3.08. The maximum atomic E-state index is 9.08. The molecule has 5 heteroatoms. The number of hydrogen-bond acceptors (Lipinski definition) is 4. The number of aliphatic hydroxyl groups excluding tert-OH is 2. The fourth-order valence-electron chi connectivity index (χ4n) is 1.08. The molecule has 0 aliphatic rings. The summed E-state index contributed by atoms with van der Waals surface area (Å²) >= 11 is 1.63. The molecule has 1 aromatic heterocycles. The van der Waals surface area contributed by atoms with Crippen LogP contribution in [0.25, 0.3) is 0 Å². The van der Waals surface area contributed by atoms with Crippen LogP contribution in [0.5, 0.6) is 0 Å². The van der Waals surface area contributed by atoms with E-state index in [1.165, 1.54) is 0 Å². The first kappa shape index (κ1) is 11.6. The number of aliphatic hydroxyl groups is 2. The topological polar surface area (TPSA) is 58.3 Å². The van der Waals surface area contributed by atoms with E-state index in [1.807, 2.05) is 13.1 Å². The number of aryl methyl sites for hydroxylation is 2. The SMILES string of the molecule is Cc1nccn1CCSCC(O)CO. The van der Waals surface area contributed by atoms with Gasteiger partial charge in [0.05, 0.1) is 12.7 Å². The third kappa shape index (κ3) is 3.69. The Bertz CT molecular complexity index is 265. The van der Waals surface area contributed by atoms with Crippen LogP contribution in [-0.4, -0.2) is 44.0 Å². The van der Waals surface area contributed by atoms with Crippen LogP contribution >= 0.6 is 11.8 Å². The van der Waals surface area contributed by atoms with Crippen molar-refractivity contribution >= 4 is 11.8 Å². The van der Waals surface area contributed by atoms with Gasteiger partial charge in [-0.1, -0.05) is 0 Å². The number of nitrogens with zero attached hydrogens (tertiary/aromatic N) is 2. The van der Waals surface area contributed by atoms with Crippen LogP contribution in [-0.2, 0) is 6.54 Å². The molecule has 1 aromatic rings. The minimum Gasteiger partial charge on any atom is -0.394 e. The lowest BCUT2D eigenvalue weighted by molar-refractivity contribution is 0.113. The van der Waals surface area contributed by atoms with E-state index in [-0.39, 0.29) is 6.61 Å². The first-order chi connectivity index (χ1) is 6.74. The van der Waals surface area contributed by atoms with E-state index in [9.17, 15) is 0 Å². The molecule has 0 radical (unpaired) electrons. The number of imidazole rings is 1. The van der Waals surface area contributed by atoms with Crippen molar-refractivity contribution in [2.75, 3.05) is 18.1 Å². The summed E-state index contributed by atoms with van der Waals surface area (Å²) in [5.41, 5.74) is 0. The predicted octanol–water partition coefficient (Wildman–Crippen LogP) is 0.278. The Hall–Kier alpha value is -0.520. The monoisotopic (exact) mass is 216 g/mol. The first-order valence-electron chi connectivity index (χ1n) is 4.58. The Kier molecular flexibility index (Phi) is 5.00. The van der Waals surface area contributed by atoms with Crippen molar-refractivity contribution in [2.45, 2.75) is 19.6 Å². The Balaban J connectivity index is 2.13. The summed E-state index contributed by atoms with van der Waals surface area (Å²) in [6.45, 7) is 2.71. The highest BCUT2D eigenvalue weighted by Crippen LogP contribution is 2.05. The van der Waals surface area contributed by atoms with Gasteiger partial charge in [-0.05, 0) is 6.92 Å². The lowest BCUT2D eigenvalue weighted by Gasteiger charge is -2.07. The van der Waals surface area contributed by atoms with Gasteiger partial charge in [-0.3, -0.25) is 0 Å². The molecular weight excluding hydrogens is 200 g/mol. The quantitative estimate of drug-likeness (QED) is 0.671. The van der Waals surface area contributed by atoms with E-state index in [2.05, 4.69) is 9.55 Å². The molecule has 1 atom stereocenters. The molecule has 0 saturated carbocycles. The summed E-state index contributed by atoms with van der Waals surface area (Å²) < 4.78 is 2.07. The summed E-state index contributed by atoms with van der Waals surface area (Å²) in [5, 5.41) is 17.7. The van der Waals surface area contributed by atoms with Crippen molar-refractivity contribution in [2.24, 2.45) is 0 Å². The van der Waals surface area contributed by atoms with Crippen LogP contribution in [0, 0.1) is 6.92 Å². The van der Waals surface area contributed by atoms with E-state index >= 15 is 0 Å². The Morgan fingerprint density at radius 2 is 2.43 bits per heavy atom. The van der Waals surface area contributed by atoms with Gasteiger partial charge in [-0.2, -0.15) is 11.8 Å². The molecule has 80 valence electrons. The molecule has 0 amide bonds. The van der Waals surface area contributed by atoms with E-state index < -0.39 is 6.10 Å². The van der Waals surface area contributed by atoms with Crippen LogP contribution in [0.1, 0.15) is 5.82 Å². The van der Waals surface area contributed by atoms with Gasteiger partial charge in [0, 0.05) is 30.4 Å². The molecule has 0 aliphatic carbocycles. The van der Waals surface area contributed by atoms with Crippen molar-refractivity contribution in [3.8, 4) is 0 Å². The maximum Gasteiger partial charge on any atom is 0.105 e. The molecule has 0 spiro atoms. The normalized spacial score (nSPS) is 13.1. The van der Waals surface area contributed by atoms with Crippen molar-refractivity contribution in [3.63, 3.8) is 0 Å². The highest BCUT2D eigenvalue weighted by atomic mass is 32.2. The van der Waals surface area contributed by atoms with Gasteiger partial charge in [-0.25, -0.2) is 4.98 Å². The molecule has 1 heterocycles. The minimum absolute atomic E-state index is 0.156. The molecular formula is C9H16N2O2S. The summed E-state index contributed by atoms with van der Waals surface area (Å²) in [4.78, 5) is 4.11. The zero-order valence-electron chi connectivity index (χ0n) is 8.26. The van der Waals surface area contributed by atoms with Crippen LogP contribution < -0.4 is 0 Å². The number of hydrogen-bond donors (Lipinski definition) is 2. The van der Waals surface area contributed by atoms with Crippen molar-refractivity contribution in [1.82, 2.24) is 9.55 Å². The van der Waals surface area contributed by atoms with Crippen molar-refractivity contribution in [3.05, 3.63) is 18.2 Å². The molecule has 0 fully saturated rings. The molecule has 14 heavy (non-hydrogen) atoms. The Morgan fingerprint density at radius 3 is 3.00 bits per heavy atom. The fraction of sp³-hybridized carbons (Fsp3) is 0.667. The lowest BCUT2D eigenvalue weighted by Crippen LogP contribution is -2.15. The second kappa shape index (κ2) is 6.06. The molecule has 1 rings (SSSR count). The van der Waals surface area contributed by atoms with Gasteiger partial charge in [0.15, 0.2) is 0 Å². The third-order valence-corrected chi connectivity index (χ3v) is 3.01. The molecule has 0 aromatic carbocycles. The average molecular weight is 216 g/mol. The highest BCUT2D eigenvalue weighted by molar-refractivity contribution is 7.99. The maximum absolute atomic E-state index is 9.08. The van der Waals surface area contributed by atoms with Gasteiger partial charge in [0.2, 0.25) is 0 Å². The van der Waals surface area contributed by atoms with Crippen LogP contribution in [0.2, 0.25) is 0 Å². The van der Waals surface area contributed by atoms with E-state index in [4.69, 9.17) is 10.2 Å². The number of aromatic nitrogens is 2. The van der Waals surface area contributed by atoms with Crippen molar-refractivity contribution in [1.29, 1.82) is 0 Å². The fourth-order valence-corrected chi connectivity index (χ4v) is 1.94. The lowest BCUT2D eigenvalue weighted by atomic mass is 10.4. The summed E-state index contributed by atoms with van der Waals surface area (Å²) in [7, 11) is 0. The summed E-state index contributed by atoms with van der Waals surface area (Å²) in [6.07, 6.45) is 3.13. The highest BCUT2D eigenvalue weighted by Gasteiger charge is 2.01. The van der Waals surface area contributed by atoms with Gasteiger partial charge < -0.3 is 14.8 Å². The van der Waals surface area contributed by atoms with Gasteiger partial charge >= 0.3 is 0 Å². The first-order valence-corrected chi connectivity index (χ1v) is 5.74. The molecule has 4 nitrogen and oxygen atoms in total. The van der Waals surface area contributed by atoms with E-state index in [0.717, 1.165) is 18.1 Å². The second-order valence-corrected chi connectivity index (χ2v) is 4.23. The molecule has 0 aliphatic heterocycles. The van der Waals surface area contributed by atoms with E-state index in [0.29, 0.717) is 5.75 Å². The zero-order valence-corrected chi connectivity index (χ0v) is 9.07. The van der Waals surface area contributed by atoms with Crippen molar-refractivity contribution < 1.29 is 10.2 Å². The van der Waals surface area contributed by atoms with Crippen LogP contribution in [0.4, 0.5) is 0 Å². The minimum atomic E-state index is -0.594. The van der Waals surface area contributed by atoms with Gasteiger partial charge in [0.25, 0.3) is 0 Å². The number of rotatable bonds is 6. The Morgan fingerprint density at radius 1 is 1.64 bits per heavy atom. The van der Waals surface area contributed by atoms with E-state index in [1.54, 1.807) is 18.0 Å². The molecule has 2 N–H and O–H groups in total. The van der Waals surface area contributed by atoms with Gasteiger partial charge in [0.1, 0.15) is 5.82 Å². The number of thioether (sulfide) groups is 1. The molecule has 1 unspecified atom stereocenters. The zero-order chi connectivity index (χ0) is 10.4. The summed E-state index contributed by atoms with van der Waals surface area (Å²) in [6, 6.07) is 0. The van der Waals surface area contributed by atoms with Crippen LogP contribution in [0.15, 0.2) is 12.4 Å². The largest absolute Gasteiger partial charge is 0.394 e. The summed E-state index contributed by atoms with van der Waals surface area (Å²) in [5.74, 6) is 2.52. The molecule has 0 bridgehead atoms. The Labute approximate surface area is 88.0 Å². The molecule has 0 saturated heterocycles. The average Bonchev–Trinajstić information content (AvgIpc) is 2.58. The van der Waals surface area contributed by atoms with Crippen LogP contribution in [0.3, 0.4) is 0 Å². The smallest absolute Gasteiger partial charge is 0.105 e. The van der Waals surface area contributed by atoms with Gasteiger partial charge in [-0.15, -0.1) is 0 Å².